The van der Waals surface area contributed by atoms with Gasteiger partial charge in [0.15, 0.2) is 6.10 Å². The molecule has 0 fully saturated rings. The normalized spacial score (nSPS) is 11.9. The van der Waals surface area contributed by atoms with Crippen LogP contribution < -0.4 is 10.1 Å². The predicted molar refractivity (Wildman–Crippen MR) is 93.8 cm³/mol. The number of hydrogen-bond acceptors (Lipinski definition) is 2. The SMILES string of the molecule is Cc1cccc(CNC(=O)[C@@H](C)Oc2cc(C)cc(C)c2C)c1. The summed E-state index contributed by atoms with van der Waals surface area (Å²) in [5, 5.41) is 2.93. The van der Waals surface area contributed by atoms with Gasteiger partial charge < -0.3 is 10.1 Å². The maximum Gasteiger partial charge on any atom is 0.261 e. The van der Waals surface area contributed by atoms with Gasteiger partial charge in [0, 0.05) is 6.54 Å². The van der Waals surface area contributed by atoms with E-state index in [1.54, 1.807) is 6.92 Å². The topological polar surface area (TPSA) is 38.3 Å². The Morgan fingerprint density at radius 2 is 1.83 bits per heavy atom. The van der Waals surface area contributed by atoms with E-state index in [9.17, 15) is 4.79 Å². The molecule has 0 spiro atoms. The third-order valence-electron chi connectivity index (χ3n) is 3.99. The van der Waals surface area contributed by atoms with Gasteiger partial charge in [0.1, 0.15) is 5.75 Å². The number of ether oxygens (including phenoxy) is 1. The molecule has 0 heterocycles. The van der Waals surface area contributed by atoms with Crippen molar-refractivity contribution in [2.24, 2.45) is 0 Å². The van der Waals surface area contributed by atoms with Gasteiger partial charge in [-0.05, 0) is 62.9 Å². The van der Waals surface area contributed by atoms with Crippen molar-refractivity contribution in [3.63, 3.8) is 0 Å². The first-order valence-corrected chi connectivity index (χ1v) is 7.94. The molecule has 1 N–H and O–H groups in total. The van der Waals surface area contributed by atoms with Crippen molar-refractivity contribution in [2.45, 2.75) is 47.3 Å². The van der Waals surface area contributed by atoms with Crippen LogP contribution in [0.2, 0.25) is 0 Å². The van der Waals surface area contributed by atoms with Crippen LogP contribution in [0.3, 0.4) is 0 Å². The van der Waals surface area contributed by atoms with Crippen LogP contribution in [0.5, 0.6) is 5.75 Å². The molecular weight excluding hydrogens is 286 g/mol. The summed E-state index contributed by atoms with van der Waals surface area (Å²) in [6, 6.07) is 12.2. The summed E-state index contributed by atoms with van der Waals surface area (Å²) >= 11 is 0. The van der Waals surface area contributed by atoms with Gasteiger partial charge in [0.05, 0.1) is 0 Å². The Labute approximate surface area is 138 Å². The molecule has 0 aromatic heterocycles. The van der Waals surface area contributed by atoms with Gasteiger partial charge in [0.25, 0.3) is 5.91 Å². The number of benzene rings is 2. The average Bonchev–Trinajstić information content (AvgIpc) is 2.49. The van der Waals surface area contributed by atoms with Crippen LogP contribution in [-0.4, -0.2) is 12.0 Å². The monoisotopic (exact) mass is 311 g/mol. The molecule has 1 amide bonds. The van der Waals surface area contributed by atoms with E-state index in [1.807, 2.05) is 45.0 Å². The standard InChI is InChI=1S/C20H25NO2/c1-13-7-6-8-18(10-13)12-21-20(22)17(5)23-19-11-14(2)9-15(3)16(19)4/h6-11,17H,12H2,1-5H3,(H,21,22)/t17-/m1/s1. The molecule has 2 aromatic carbocycles. The Bertz CT molecular complexity index is 707. The lowest BCUT2D eigenvalue weighted by Crippen LogP contribution is -2.36. The van der Waals surface area contributed by atoms with Crippen LogP contribution in [-0.2, 0) is 11.3 Å². The minimum absolute atomic E-state index is 0.106. The number of rotatable bonds is 5. The summed E-state index contributed by atoms with van der Waals surface area (Å²) in [5.74, 6) is 0.672. The van der Waals surface area contributed by atoms with Gasteiger partial charge >= 0.3 is 0 Å². The maximum atomic E-state index is 12.3. The molecule has 3 heteroatoms. The number of hydrogen-bond donors (Lipinski definition) is 1. The maximum absolute atomic E-state index is 12.3. The molecule has 122 valence electrons. The largest absolute Gasteiger partial charge is 0.481 e. The minimum atomic E-state index is -0.528. The van der Waals surface area contributed by atoms with Gasteiger partial charge in [-0.2, -0.15) is 0 Å². The van der Waals surface area contributed by atoms with Crippen LogP contribution in [0.25, 0.3) is 0 Å². The molecule has 0 radical (unpaired) electrons. The van der Waals surface area contributed by atoms with Gasteiger partial charge in [0.2, 0.25) is 0 Å². The highest BCUT2D eigenvalue weighted by Crippen LogP contribution is 2.24. The van der Waals surface area contributed by atoms with Crippen LogP contribution in [0.4, 0.5) is 0 Å². The van der Waals surface area contributed by atoms with E-state index in [0.29, 0.717) is 6.54 Å². The van der Waals surface area contributed by atoms with Crippen molar-refractivity contribution in [2.75, 3.05) is 0 Å². The van der Waals surface area contributed by atoms with Crippen LogP contribution in [0.1, 0.15) is 34.7 Å². The van der Waals surface area contributed by atoms with Crippen molar-refractivity contribution >= 4 is 5.91 Å². The van der Waals surface area contributed by atoms with Crippen molar-refractivity contribution in [1.82, 2.24) is 5.32 Å². The zero-order valence-corrected chi connectivity index (χ0v) is 14.6. The number of carbonyl (C=O) groups excluding carboxylic acids is 1. The molecule has 0 unspecified atom stereocenters. The van der Waals surface area contributed by atoms with Gasteiger partial charge in [-0.1, -0.05) is 35.9 Å². The molecule has 23 heavy (non-hydrogen) atoms. The summed E-state index contributed by atoms with van der Waals surface area (Å²) in [6.07, 6.45) is -0.528. The summed E-state index contributed by atoms with van der Waals surface area (Å²) in [7, 11) is 0. The average molecular weight is 311 g/mol. The lowest BCUT2D eigenvalue weighted by Gasteiger charge is -2.18. The predicted octanol–water partition coefficient (Wildman–Crippen LogP) is 4.00. The first kappa shape index (κ1) is 17.1. The fraction of sp³-hybridized carbons (Fsp3) is 0.350. The number of nitrogens with one attached hydrogen (secondary N) is 1. The van der Waals surface area contributed by atoms with E-state index in [1.165, 1.54) is 11.1 Å². The van der Waals surface area contributed by atoms with E-state index < -0.39 is 6.10 Å². The summed E-state index contributed by atoms with van der Waals surface area (Å²) < 4.78 is 5.87. The molecular formula is C20H25NO2. The molecule has 0 bridgehead atoms. The van der Waals surface area contributed by atoms with Crippen LogP contribution in [0.15, 0.2) is 36.4 Å². The van der Waals surface area contributed by atoms with E-state index in [0.717, 1.165) is 22.4 Å². The lowest BCUT2D eigenvalue weighted by molar-refractivity contribution is -0.127. The van der Waals surface area contributed by atoms with Gasteiger partial charge in [-0.25, -0.2) is 0 Å². The smallest absolute Gasteiger partial charge is 0.261 e. The molecule has 2 rings (SSSR count). The highest BCUT2D eigenvalue weighted by molar-refractivity contribution is 5.80. The summed E-state index contributed by atoms with van der Waals surface area (Å²) in [4.78, 5) is 12.3. The Balaban J connectivity index is 1.98. The van der Waals surface area contributed by atoms with E-state index >= 15 is 0 Å². The summed E-state index contributed by atoms with van der Waals surface area (Å²) in [5.41, 5.74) is 5.66. The van der Waals surface area contributed by atoms with E-state index in [2.05, 4.69) is 24.4 Å². The van der Waals surface area contributed by atoms with E-state index in [4.69, 9.17) is 4.74 Å². The lowest BCUT2D eigenvalue weighted by atomic mass is 10.1. The first-order valence-electron chi connectivity index (χ1n) is 7.94. The van der Waals surface area contributed by atoms with Crippen molar-refractivity contribution in [3.05, 3.63) is 64.2 Å². The fourth-order valence-corrected chi connectivity index (χ4v) is 2.52. The van der Waals surface area contributed by atoms with Crippen LogP contribution >= 0.6 is 0 Å². The zero-order valence-electron chi connectivity index (χ0n) is 14.6. The molecule has 0 saturated heterocycles. The van der Waals surface area contributed by atoms with Crippen molar-refractivity contribution in [1.29, 1.82) is 0 Å². The Kier molecular flexibility index (Phi) is 5.43. The first-order chi connectivity index (χ1) is 10.9. The summed E-state index contributed by atoms with van der Waals surface area (Å²) in [6.45, 7) is 10.4. The second kappa shape index (κ2) is 7.32. The Morgan fingerprint density at radius 1 is 1.09 bits per heavy atom. The highest BCUT2D eigenvalue weighted by Gasteiger charge is 2.16. The minimum Gasteiger partial charge on any atom is -0.481 e. The Hall–Kier alpha value is -2.29. The van der Waals surface area contributed by atoms with Crippen molar-refractivity contribution < 1.29 is 9.53 Å². The molecule has 0 aliphatic rings. The second-order valence-corrected chi connectivity index (χ2v) is 6.17. The quantitative estimate of drug-likeness (QED) is 0.906. The van der Waals surface area contributed by atoms with Gasteiger partial charge in [-0.3, -0.25) is 4.79 Å². The molecule has 3 nitrogen and oxygen atoms in total. The number of aryl methyl sites for hydroxylation is 3. The van der Waals surface area contributed by atoms with Crippen molar-refractivity contribution in [3.8, 4) is 5.75 Å². The molecule has 0 aliphatic carbocycles. The second-order valence-electron chi connectivity index (χ2n) is 6.17. The number of carbonyl (C=O) groups is 1. The molecule has 1 atom stereocenters. The fourth-order valence-electron chi connectivity index (χ4n) is 2.52. The molecule has 2 aromatic rings. The van der Waals surface area contributed by atoms with E-state index in [-0.39, 0.29) is 5.91 Å². The Morgan fingerprint density at radius 3 is 2.52 bits per heavy atom. The zero-order chi connectivity index (χ0) is 17.0. The third kappa shape index (κ3) is 4.59. The third-order valence-corrected chi connectivity index (χ3v) is 3.99. The van der Waals surface area contributed by atoms with Crippen LogP contribution in [0, 0.1) is 27.7 Å². The van der Waals surface area contributed by atoms with Gasteiger partial charge in [-0.15, -0.1) is 0 Å². The molecule has 0 aliphatic heterocycles. The highest BCUT2D eigenvalue weighted by atomic mass is 16.5. The number of amides is 1. The molecule has 0 saturated carbocycles.